The van der Waals surface area contributed by atoms with Crippen LogP contribution in [0.25, 0.3) is 11.2 Å². The number of fused-ring (bicyclic) bond motifs is 1. The highest BCUT2D eigenvalue weighted by atomic mass is 16.2. The highest BCUT2D eigenvalue weighted by molar-refractivity contribution is 5.66. The first-order valence-electron chi connectivity index (χ1n) is 7.47. The van der Waals surface area contributed by atoms with E-state index in [0.717, 1.165) is 32.1 Å². The van der Waals surface area contributed by atoms with Gasteiger partial charge >= 0.3 is 5.69 Å². The number of rotatable bonds is 2. The van der Waals surface area contributed by atoms with E-state index in [1.54, 1.807) is 0 Å². The molecule has 3 rings (SSSR count). The van der Waals surface area contributed by atoms with Gasteiger partial charge in [0.2, 0.25) is 0 Å². The molecule has 0 spiro atoms. The van der Waals surface area contributed by atoms with Crippen molar-refractivity contribution in [3.63, 3.8) is 0 Å². The third kappa shape index (κ3) is 2.48. The van der Waals surface area contributed by atoms with Gasteiger partial charge in [-0.15, -0.1) is 10.2 Å². The zero-order valence-electron chi connectivity index (χ0n) is 12.3. The van der Waals surface area contributed by atoms with Gasteiger partial charge in [-0.1, -0.05) is 33.1 Å². The zero-order valence-corrected chi connectivity index (χ0v) is 12.3. The van der Waals surface area contributed by atoms with Gasteiger partial charge in [-0.25, -0.2) is 9.78 Å². The number of hydrogen-bond acceptors (Lipinski definition) is 5. The maximum Gasteiger partial charge on any atom is 0.330 e. The second-order valence-corrected chi connectivity index (χ2v) is 5.92. The van der Waals surface area contributed by atoms with Crippen LogP contribution < -0.4 is 11.2 Å². The minimum Gasteiger partial charge on any atom is -0.288 e. The summed E-state index contributed by atoms with van der Waals surface area (Å²) >= 11 is 0. The molecule has 7 nitrogen and oxygen atoms in total. The summed E-state index contributed by atoms with van der Waals surface area (Å²) in [5.74, 6) is 0.596. The van der Waals surface area contributed by atoms with Crippen molar-refractivity contribution in [3.8, 4) is 0 Å². The van der Waals surface area contributed by atoms with Gasteiger partial charge in [-0.3, -0.25) is 14.3 Å². The van der Waals surface area contributed by atoms with E-state index in [1.807, 2.05) is 13.8 Å². The molecule has 0 amide bonds. The van der Waals surface area contributed by atoms with E-state index in [-0.39, 0.29) is 28.7 Å². The normalized spacial score (nSPS) is 16.7. The molecule has 1 fully saturated rings. The Balaban J connectivity index is 2.20. The van der Waals surface area contributed by atoms with Crippen molar-refractivity contribution in [1.82, 2.24) is 24.7 Å². The fraction of sp³-hybridized carbons (Fsp3) is 0.643. The van der Waals surface area contributed by atoms with Crippen LogP contribution in [0.1, 0.15) is 63.7 Å². The van der Waals surface area contributed by atoms with Crippen molar-refractivity contribution in [2.75, 3.05) is 0 Å². The van der Waals surface area contributed by atoms with Crippen molar-refractivity contribution in [1.29, 1.82) is 0 Å². The van der Waals surface area contributed by atoms with Crippen molar-refractivity contribution in [2.24, 2.45) is 0 Å². The van der Waals surface area contributed by atoms with Gasteiger partial charge in [0, 0.05) is 12.0 Å². The molecule has 0 aliphatic heterocycles. The first-order chi connectivity index (χ1) is 10.1. The highest BCUT2D eigenvalue weighted by Crippen LogP contribution is 2.25. The summed E-state index contributed by atoms with van der Waals surface area (Å²) in [4.78, 5) is 31.7. The average molecular weight is 289 g/mol. The lowest BCUT2D eigenvalue weighted by Gasteiger charge is -2.22. The number of nitrogens with one attached hydrogen (secondary N) is 1. The molecule has 1 N–H and O–H groups in total. The van der Waals surface area contributed by atoms with Gasteiger partial charge < -0.3 is 0 Å². The summed E-state index contributed by atoms with van der Waals surface area (Å²) in [6.07, 6.45) is 4.99. The maximum atomic E-state index is 12.6. The Morgan fingerprint density at radius 2 is 1.86 bits per heavy atom. The smallest absolute Gasteiger partial charge is 0.288 e. The van der Waals surface area contributed by atoms with Crippen LogP contribution in [-0.4, -0.2) is 24.7 Å². The van der Waals surface area contributed by atoms with Crippen LogP contribution in [0.5, 0.6) is 0 Å². The summed E-state index contributed by atoms with van der Waals surface area (Å²) in [6, 6.07) is -0.0307. The quantitative estimate of drug-likeness (QED) is 0.904. The minimum absolute atomic E-state index is 0.0307. The van der Waals surface area contributed by atoms with Gasteiger partial charge in [0.1, 0.15) is 0 Å². The summed E-state index contributed by atoms with van der Waals surface area (Å²) in [7, 11) is 0. The molecule has 0 saturated heterocycles. The molecule has 1 saturated carbocycles. The molecule has 1 aliphatic carbocycles. The zero-order chi connectivity index (χ0) is 15.0. The van der Waals surface area contributed by atoms with Gasteiger partial charge in [-0.05, 0) is 12.8 Å². The first-order valence-corrected chi connectivity index (χ1v) is 7.47. The lowest BCUT2D eigenvalue weighted by molar-refractivity contribution is 0.337. The van der Waals surface area contributed by atoms with Crippen LogP contribution in [0.4, 0.5) is 0 Å². The Kier molecular flexibility index (Phi) is 3.57. The van der Waals surface area contributed by atoms with Crippen LogP contribution >= 0.6 is 0 Å². The van der Waals surface area contributed by atoms with E-state index in [4.69, 9.17) is 0 Å². The van der Waals surface area contributed by atoms with Crippen molar-refractivity contribution < 1.29 is 0 Å². The Labute approximate surface area is 121 Å². The molecule has 112 valence electrons. The van der Waals surface area contributed by atoms with E-state index in [0.29, 0.717) is 5.82 Å². The Hall–Kier alpha value is -2.05. The predicted molar refractivity (Wildman–Crippen MR) is 78.4 cm³/mol. The average Bonchev–Trinajstić information content (AvgIpc) is 2.48. The molecule has 21 heavy (non-hydrogen) atoms. The molecular weight excluding hydrogens is 270 g/mol. The van der Waals surface area contributed by atoms with Crippen LogP contribution in [0.15, 0.2) is 9.59 Å². The number of aromatic nitrogens is 5. The van der Waals surface area contributed by atoms with E-state index in [2.05, 4.69) is 20.2 Å². The second kappa shape index (κ2) is 5.38. The fourth-order valence-electron chi connectivity index (χ4n) is 2.86. The minimum atomic E-state index is -0.409. The third-order valence-corrected chi connectivity index (χ3v) is 4.02. The number of nitrogens with zero attached hydrogens (tertiary/aromatic N) is 4. The summed E-state index contributed by atoms with van der Waals surface area (Å²) in [5, 5.41) is 7.88. The number of hydrogen-bond donors (Lipinski definition) is 1. The van der Waals surface area contributed by atoms with Crippen LogP contribution in [0.3, 0.4) is 0 Å². The Bertz CT molecular complexity index is 771. The topological polar surface area (TPSA) is 93.5 Å². The fourth-order valence-corrected chi connectivity index (χ4v) is 2.86. The molecule has 0 radical (unpaired) electrons. The molecule has 7 heteroatoms. The predicted octanol–water partition coefficient (Wildman–Crippen LogP) is 1.50. The summed E-state index contributed by atoms with van der Waals surface area (Å²) < 4.78 is 1.32. The largest absolute Gasteiger partial charge is 0.330 e. The SMILES string of the molecule is CC(C)c1nnc2[nH]c(=O)n(C3CCCCC3)c(=O)c2n1. The molecule has 2 heterocycles. The van der Waals surface area contributed by atoms with E-state index in [9.17, 15) is 9.59 Å². The van der Waals surface area contributed by atoms with Crippen LogP contribution in [0.2, 0.25) is 0 Å². The molecule has 2 aromatic rings. The van der Waals surface area contributed by atoms with Gasteiger partial charge in [-0.2, -0.15) is 0 Å². The Morgan fingerprint density at radius 3 is 2.52 bits per heavy atom. The Morgan fingerprint density at radius 1 is 1.14 bits per heavy atom. The van der Waals surface area contributed by atoms with E-state index < -0.39 is 5.69 Å². The monoisotopic (exact) mass is 289 g/mol. The molecule has 1 aliphatic rings. The van der Waals surface area contributed by atoms with Gasteiger partial charge in [0.15, 0.2) is 17.0 Å². The van der Waals surface area contributed by atoms with Crippen LogP contribution in [0, 0.1) is 0 Å². The summed E-state index contributed by atoms with van der Waals surface area (Å²) in [5.41, 5.74) is -0.384. The maximum absolute atomic E-state index is 12.6. The lowest BCUT2D eigenvalue weighted by atomic mass is 9.95. The van der Waals surface area contributed by atoms with Crippen molar-refractivity contribution in [3.05, 3.63) is 26.7 Å². The molecule has 2 aromatic heterocycles. The lowest BCUT2D eigenvalue weighted by Crippen LogP contribution is -2.39. The number of aromatic amines is 1. The first kappa shape index (κ1) is 13.9. The van der Waals surface area contributed by atoms with Gasteiger partial charge in [0.05, 0.1) is 0 Å². The highest BCUT2D eigenvalue weighted by Gasteiger charge is 2.21. The standard InChI is InChI=1S/C14H19N5O2/c1-8(2)11-15-10-12(18-17-11)16-14(21)19(13(10)20)9-6-4-3-5-7-9/h8-9H,3-7H2,1-2H3,(H,16,18,21). The van der Waals surface area contributed by atoms with E-state index >= 15 is 0 Å². The van der Waals surface area contributed by atoms with Gasteiger partial charge in [0.25, 0.3) is 5.56 Å². The van der Waals surface area contributed by atoms with Crippen LogP contribution in [-0.2, 0) is 0 Å². The molecule has 0 bridgehead atoms. The molecule has 0 unspecified atom stereocenters. The summed E-state index contributed by atoms with van der Waals surface area (Å²) in [6.45, 7) is 3.88. The molecule has 0 atom stereocenters. The molecular formula is C14H19N5O2. The second-order valence-electron chi connectivity index (χ2n) is 5.92. The third-order valence-electron chi connectivity index (χ3n) is 4.02. The number of H-pyrrole nitrogens is 1. The van der Waals surface area contributed by atoms with Crippen molar-refractivity contribution >= 4 is 11.2 Å². The van der Waals surface area contributed by atoms with E-state index in [1.165, 1.54) is 4.57 Å². The van der Waals surface area contributed by atoms with Crippen molar-refractivity contribution in [2.45, 2.75) is 57.9 Å². The molecule has 0 aromatic carbocycles.